The molecule has 2 heterocycles. The van der Waals surface area contributed by atoms with Gasteiger partial charge in [0, 0.05) is 36.6 Å². The molecular weight excluding hydrogens is 435 g/mol. The number of hydrogen-bond acceptors (Lipinski definition) is 4. The third-order valence-corrected chi connectivity index (χ3v) is 7.18. The first-order valence-electron chi connectivity index (χ1n) is 10.3. The second-order valence-electron chi connectivity index (χ2n) is 7.91. The smallest absolute Gasteiger partial charge is 0.263 e. The summed E-state index contributed by atoms with van der Waals surface area (Å²) in [5.41, 5.74) is 2.60. The summed E-state index contributed by atoms with van der Waals surface area (Å²) >= 11 is 7.63. The lowest BCUT2D eigenvalue weighted by Crippen LogP contribution is -2.44. The van der Waals surface area contributed by atoms with E-state index >= 15 is 0 Å². The number of rotatable bonds is 6. The summed E-state index contributed by atoms with van der Waals surface area (Å²) in [6.07, 6.45) is 2.22. The van der Waals surface area contributed by atoms with Crippen molar-refractivity contribution in [1.29, 1.82) is 0 Å². The maximum Gasteiger partial charge on any atom is 0.263 e. The van der Waals surface area contributed by atoms with Gasteiger partial charge in [0.25, 0.3) is 5.91 Å². The summed E-state index contributed by atoms with van der Waals surface area (Å²) in [5.74, 6) is -0.380. The van der Waals surface area contributed by atoms with Crippen molar-refractivity contribution in [3.05, 3.63) is 86.1 Å². The van der Waals surface area contributed by atoms with Crippen LogP contribution in [-0.4, -0.2) is 30.6 Å². The number of benzene rings is 2. The van der Waals surface area contributed by atoms with E-state index in [0.717, 1.165) is 29.0 Å². The minimum Gasteiger partial charge on any atom is -0.381 e. The summed E-state index contributed by atoms with van der Waals surface area (Å²) in [7, 11) is 0. The number of ether oxygens (including phenoxy) is 1. The monoisotopic (exact) mass is 458 g/mol. The molecule has 0 aliphatic carbocycles. The van der Waals surface area contributed by atoms with E-state index in [1.165, 1.54) is 23.5 Å². The number of aryl methyl sites for hydroxylation is 1. The zero-order valence-corrected chi connectivity index (χ0v) is 18.9. The molecule has 0 atom stereocenters. The lowest BCUT2D eigenvalue weighted by Gasteiger charge is -2.38. The lowest BCUT2D eigenvalue weighted by atomic mass is 9.74. The van der Waals surface area contributed by atoms with Crippen molar-refractivity contribution in [3.8, 4) is 0 Å². The van der Waals surface area contributed by atoms with Gasteiger partial charge in [-0.25, -0.2) is 9.37 Å². The van der Waals surface area contributed by atoms with Crippen molar-refractivity contribution in [2.45, 2.75) is 31.6 Å². The predicted octanol–water partition coefficient (Wildman–Crippen LogP) is 5.31. The molecule has 1 aliphatic heterocycles. The largest absolute Gasteiger partial charge is 0.381 e. The van der Waals surface area contributed by atoms with Crippen LogP contribution in [0.3, 0.4) is 0 Å². The molecule has 1 fully saturated rings. The van der Waals surface area contributed by atoms with Crippen LogP contribution in [0.4, 0.5) is 4.39 Å². The number of halogens is 2. The number of carbonyl (C=O) groups excluding carboxylic acids is 1. The fourth-order valence-electron chi connectivity index (χ4n) is 3.99. The number of aromatic nitrogens is 1. The Morgan fingerprint density at radius 1 is 1.23 bits per heavy atom. The highest BCUT2D eigenvalue weighted by molar-refractivity contribution is 7.13. The molecule has 0 unspecified atom stereocenters. The van der Waals surface area contributed by atoms with Crippen molar-refractivity contribution in [3.63, 3.8) is 0 Å². The van der Waals surface area contributed by atoms with Crippen LogP contribution in [0.2, 0.25) is 5.02 Å². The van der Waals surface area contributed by atoms with E-state index in [4.69, 9.17) is 16.3 Å². The molecule has 3 aromatic rings. The van der Waals surface area contributed by atoms with Gasteiger partial charge >= 0.3 is 0 Å². The highest BCUT2D eigenvalue weighted by atomic mass is 35.5. The van der Waals surface area contributed by atoms with Crippen LogP contribution in [0.5, 0.6) is 0 Å². The normalized spacial score (nSPS) is 15.6. The first-order valence-corrected chi connectivity index (χ1v) is 11.5. The fourth-order valence-corrected chi connectivity index (χ4v) is 5.20. The van der Waals surface area contributed by atoms with Crippen molar-refractivity contribution in [2.24, 2.45) is 0 Å². The molecule has 1 N–H and O–H groups in total. The Kier molecular flexibility index (Phi) is 6.70. The molecular formula is C24H24ClFN2O2S. The van der Waals surface area contributed by atoms with Gasteiger partial charge in [0.2, 0.25) is 0 Å². The minimum atomic E-state index is -0.263. The second kappa shape index (κ2) is 9.47. The van der Waals surface area contributed by atoms with Gasteiger partial charge < -0.3 is 10.1 Å². The number of carbonyl (C=O) groups is 1. The molecule has 31 heavy (non-hydrogen) atoms. The third-order valence-electron chi connectivity index (χ3n) is 5.79. The fraction of sp³-hybridized carbons (Fsp3) is 0.333. The van der Waals surface area contributed by atoms with Gasteiger partial charge in [-0.3, -0.25) is 4.79 Å². The maximum atomic E-state index is 13.1. The van der Waals surface area contributed by atoms with Gasteiger partial charge in [-0.15, -0.1) is 11.3 Å². The quantitative estimate of drug-likeness (QED) is 0.544. The summed E-state index contributed by atoms with van der Waals surface area (Å²) in [6.45, 7) is 3.68. The Morgan fingerprint density at radius 3 is 2.68 bits per heavy atom. The first kappa shape index (κ1) is 21.9. The standard InChI is InChI=1S/C24H24ClFN2O2S/c1-16-22(31-21(28-16)13-17-5-7-20(26)8-6-17)23(29)27-15-24(9-11-30-12-10-24)18-3-2-4-19(25)14-18/h2-8,14H,9-13,15H2,1H3,(H,27,29). The molecule has 1 saturated heterocycles. The van der Waals surface area contributed by atoms with E-state index < -0.39 is 0 Å². The molecule has 4 rings (SSSR count). The Morgan fingerprint density at radius 2 is 1.97 bits per heavy atom. The minimum absolute atomic E-state index is 0.117. The van der Waals surface area contributed by atoms with Gasteiger partial charge in [-0.1, -0.05) is 35.9 Å². The van der Waals surface area contributed by atoms with Crippen LogP contribution in [0.15, 0.2) is 48.5 Å². The molecule has 1 amide bonds. The van der Waals surface area contributed by atoms with Gasteiger partial charge in [-0.05, 0) is 55.2 Å². The Bertz CT molecular complexity index is 1060. The average Bonchev–Trinajstić information content (AvgIpc) is 3.14. The summed E-state index contributed by atoms with van der Waals surface area (Å²) < 4.78 is 18.7. The number of thiazole rings is 1. The Balaban J connectivity index is 1.48. The van der Waals surface area contributed by atoms with Gasteiger partial charge in [0.1, 0.15) is 10.7 Å². The average molecular weight is 459 g/mol. The van der Waals surface area contributed by atoms with E-state index in [-0.39, 0.29) is 17.1 Å². The molecule has 0 radical (unpaired) electrons. The highest BCUT2D eigenvalue weighted by Gasteiger charge is 2.35. The van der Waals surface area contributed by atoms with Gasteiger partial charge in [0.05, 0.1) is 10.7 Å². The first-order chi connectivity index (χ1) is 14.9. The number of nitrogens with one attached hydrogen (secondary N) is 1. The van der Waals surface area contributed by atoms with Gasteiger partial charge in [-0.2, -0.15) is 0 Å². The third kappa shape index (κ3) is 5.14. The van der Waals surface area contributed by atoms with Crippen LogP contribution in [0, 0.1) is 12.7 Å². The molecule has 162 valence electrons. The van der Waals surface area contributed by atoms with E-state index in [0.29, 0.717) is 41.8 Å². The highest BCUT2D eigenvalue weighted by Crippen LogP contribution is 2.35. The summed E-state index contributed by atoms with van der Waals surface area (Å²) in [6, 6.07) is 14.2. The molecule has 1 aliphatic rings. The van der Waals surface area contributed by atoms with Crippen molar-refractivity contribution in [2.75, 3.05) is 19.8 Å². The number of hydrogen-bond donors (Lipinski definition) is 1. The Hall–Kier alpha value is -2.28. The van der Waals surface area contributed by atoms with Crippen LogP contribution < -0.4 is 5.32 Å². The lowest BCUT2D eigenvalue weighted by molar-refractivity contribution is 0.0487. The number of nitrogens with zero attached hydrogens (tertiary/aromatic N) is 1. The number of amides is 1. The second-order valence-corrected chi connectivity index (χ2v) is 9.43. The zero-order chi connectivity index (χ0) is 21.8. The topological polar surface area (TPSA) is 51.2 Å². The van der Waals surface area contributed by atoms with Gasteiger partial charge in [0.15, 0.2) is 0 Å². The SMILES string of the molecule is Cc1nc(Cc2ccc(F)cc2)sc1C(=O)NCC1(c2cccc(Cl)c2)CCOCC1. The molecule has 1 aromatic heterocycles. The van der Waals surface area contributed by atoms with Crippen LogP contribution in [-0.2, 0) is 16.6 Å². The maximum absolute atomic E-state index is 13.1. The van der Waals surface area contributed by atoms with E-state index in [9.17, 15) is 9.18 Å². The molecule has 0 saturated carbocycles. The van der Waals surface area contributed by atoms with Crippen molar-refractivity contribution >= 4 is 28.8 Å². The summed E-state index contributed by atoms with van der Waals surface area (Å²) in [4.78, 5) is 18.2. The van der Waals surface area contributed by atoms with Crippen LogP contribution >= 0.6 is 22.9 Å². The molecule has 0 bridgehead atoms. The predicted molar refractivity (Wildman–Crippen MR) is 122 cm³/mol. The summed E-state index contributed by atoms with van der Waals surface area (Å²) in [5, 5.41) is 4.67. The Labute approximate surface area is 190 Å². The zero-order valence-electron chi connectivity index (χ0n) is 17.3. The molecule has 0 spiro atoms. The van der Waals surface area contributed by atoms with Crippen LogP contribution in [0.1, 0.15) is 44.3 Å². The van der Waals surface area contributed by atoms with E-state index in [1.807, 2.05) is 25.1 Å². The van der Waals surface area contributed by atoms with Crippen molar-refractivity contribution in [1.82, 2.24) is 10.3 Å². The van der Waals surface area contributed by atoms with Crippen LogP contribution in [0.25, 0.3) is 0 Å². The van der Waals surface area contributed by atoms with E-state index in [2.05, 4.69) is 16.4 Å². The van der Waals surface area contributed by atoms with Crippen molar-refractivity contribution < 1.29 is 13.9 Å². The molecule has 2 aromatic carbocycles. The molecule has 7 heteroatoms. The molecule has 4 nitrogen and oxygen atoms in total. The van der Waals surface area contributed by atoms with E-state index in [1.54, 1.807) is 12.1 Å².